The van der Waals surface area contributed by atoms with Crippen LogP contribution in [0.5, 0.6) is 0 Å². The van der Waals surface area contributed by atoms with Gasteiger partial charge >= 0.3 is 0 Å². The molecule has 2 aromatic heterocycles. The Bertz CT molecular complexity index is 748. The summed E-state index contributed by atoms with van der Waals surface area (Å²) in [5.41, 5.74) is 9.27. The number of nitrogen functional groups attached to an aromatic ring is 1. The lowest BCUT2D eigenvalue weighted by molar-refractivity contribution is 0.529. The maximum Gasteiger partial charge on any atom is 0.105 e. The number of pyridine rings is 1. The SMILES string of the molecule is Cc1occc1CN(C)c1ccc2cnccc2c1N. The van der Waals surface area contributed by atoms with Crippen LogP contribution in [0.15, 0.2) is 47.3 Å². The zero-order valence-corrected chi connectivity index (χ0v) is 11.6. The predicted octanol–water partition coefficient (Wildman–Crippen LogP) is 3.35. The van der Waals surface area contributed by atoms with Gasteiger partial charge in [-0.3, -0.25) is 4.98 Å². The van der Waals surface area contributed by atoms with Crippen LogP contribution in [-0.2, 0) is 6.54 Å². The Morgan fingerprint density at radius 1 is 1.25 bits per heavy atom. The molecule has 1 aromatic carbocycles. The molecular weight excluding hydrogens is 250 g/mol. The maximum absolute atomic E-state index is 6.29. The van der Waals surface area contributed by atoms with E-state index >= 15 is 0 Å². The molecule has 102 valence electrons. The van der Waals surface area contributed by atoms with Crippen LogP contribution in [0.4, 0.5) is 11.4 Å². The fourth-order valence-electron chi connectivity index (χ4n) is 2.43. The third-order valence-electron chi connectivity index (χ3n) is 3.62. The van der Waals surface area contributed by atoms with E-state index in [1.807, 2.05) is 44.4 Å². The molecule has 2 heterocycles. The van der Waals surface area contributed by atoms with Crippen molar-refractivity contribution in [2.75, 3.05) is 17.7 Å². The van der Waals surface area contributed by atoms with Crippen LogP contribution in [0, 0.1) is 6.92 Å². The number of aryl methyl sites for hydroxylation is 1. The van der Waals surface area contributed by atoms with E-state index in [2.05, 4.69) is 9.88 Å². The van der Waals surface area contributed by atoms with E-state index < -0.39 is 0 Å². The summed E-state index contributed by atoms with van der Waals surface area (Å²) in [5, 5.41) is 2.09. The molecule has 0 aliphatic carbocycles. The molecule has 2 N–H and O–H groups in total. The molecule has 0 unspecified atom stereocenters. The number of nitrogens with two attached hydrogens (primary N) is 1. The van der Waals surface area contributed by atoms with Gasteiger partial charge < -0.3 is 15.1 Å². The largest absolute Gasteiger partial charge is 0.469 e. The number of nitrogens with zero attached hydrogens (tertiary/aromatic N) is 2. The molecule has 0 aliphatic heterocycles. The molecule has 0 saturated heterocycles. The van der Waals surface area contributed by atoms with E-state index in [4.69, 9.17) is 10.2 Å². The Balaban J connectivity index is 1.97. The molecule has 0 radical (unpaired) electrons. The van der Waals surface area contributed by atoms with Crippen molar-refractivity contribution in [3.8, 4) is 0 Å². The highest BCUT2D eigenvalue weighted by Gasteiger charge is 2.11. The Morgan fingerprint density at radius 2 is 2.10 bits per heavy atom. The van der Waals surface area contributed by atoms with Gasteiger partial charge in [0.05, 0.1) is 17.6 Å². The molecule has 0 fully saturated rings. The predicted molar refractivity (Wildman–Crippen MR) is 81.7 cm³/mol. The average molecular weight is 267 g/mol. The number of fused-ring (bicyclic) bond motifs is 1. The minimum Gasteiger partial charge on any atom is -0.469 e. The van der Waals surface area contributed by atoms with Gasteiger partial charge in [0.15, 0.2) is 0 Å². The van der Waals surface area contributed by atoms with E-state index in [0.717, 1.165) is 34.5 Å². The monoisotopic (exact) mass is 267 g/mol. The summed E-state index contributed by atoms with van der Waals surface area (Å²) in [6, 6.07) is 8.03. The Hall–Kier alpha value is -2.49. The third-order valence-corrected chi connectivity index (χ3v) is 3.62. The van der Waals surface area contributed by atoms with E-state index in [1.165, 1.54) is 5.56 Å². The van der Waals surface area contributed by atoms with Gasteiger partial charge in [-0.15, -0.1) is 0 Å². The number of benzene rings is 1. The van der Waals surface area contributed by atoms with Gasteiger partial charge in [0, 0.05) is 42.3 Å². The standard InChI is InChI=1S/C16H17N3O/c1-11-13(6-8-20-11)10-19(2)15-4-3-12-9-18-7-5-14(12)16(15)17/h3-9H,10,17H2,1-2H3. The number of rotatable bonds is 3. The second-order valence-electron chi connectivity index (χ2n) is 4.95. The molecule has 4 nitrogen and oxygen atoms in total. The van der Waals surface area contributed by atoms with Crippen LogP contribution in [-0.4, -0.2) is 12.0 Å². The summed E-state index contributed by atoms with van der Waals surface area (Å²) < 4.78 is 5.34. The first-order chi connectivity index (χ1) is 9.66. The average Bonchev–Trinajstić information content (AvgIpc) is 2.85. The van der Waals surface area contributed by atoms with Crippen molar-refractivity contribution >= 4 is 22.1 Å². The zero-order valence-electron chi connectivity index (χ0n) is 11.6. The first-order valence-corrected chi connectivity index (χ1v) is 6.53. The van der Waals surface area contributed by atoms with Gasteiger partial charge in [-0.2, -0.15) is 0 Å². The molecule has 0 aliphatic rings. The van der Waals surface area contributed by atoms with Crippen molar-refractivity contribution in [2.45, 2.75) is 13.5 Å². The van der Waals surface area contributed by atoms with E-state index in [9.17, 15) is 0 Å². The number of aromatic nitrogens is 1. The van der Waals surface area contributed by atoms with Gasteiger partial charge in [0.1, 0.15) is 5.76 Å². The molecule has 20 heavy (non-hydrogen) atoms. The quantitative estimate of drug-likeness (QED) is 0.739. The normalized spacial score (nSPS) is 10.9. The summed E-state index contributed by atoms with van der Waals surface area (Å²) >= 11 is 0. The number of hydrogen-bond acceptors (Lipinski definition) is 4. The minimum absolute atomic E-state index is 0.767. The highest BCUT2D eigenvalue weighted by Crippen LogP contribution is 2.31. The highest BCUT2D eigenvalue weighted by molar-refractivity contribution is 5.98. The van der Waals surface area contributed by atoms with Gasteiger partial charge in [-0.1, -0.05) is 6.07 Å². The second kappa shape index (κ2) is 4.89. The van der Waals surface area contributed by atoms with E-state index in [0.29, 0.717) is 0 Å². The summed E-state index contributed by atoms with van der Waals surface area (Å²) in [6.45, 7) is 2.74. The van der Waals surface area contributed by atoms with Crippen molar-refractivity contribution in [2.24, 2.45) is 0 Å². The van der Waals surface area contributed by atoms with E-state index in [-0.39, 0.29) is 0 Å². The summed E-state index contributed by atoms with van der Waals surface area (Å²) in [4.78, 5) is 6.25. The van der Waals surface area contributed by atoms with Crippen LogP contribution < -0.4 is 10.6 Å². The minimum atomic E-state index is 0.767. The molecule has 4 heteroatoms. The number of anilines is 2. The summed E-state index contributed by atoms with van der Waals surface area (Å²) in [5.74, 6) is 0.945. The summed E-state index contributed by atoms with van der Waals surface area (Å²) in [7, 11) is 2.03. The van der Waals surface area contributed by atoms with Crippen molar-refractivity contribution < 1.29 is 4.42 Å². The summed E-state index contributed by atoms with van der Waals surface area (Å²) in [6.07, 6.45) is 5.31. The topological polar surface area (TPSA) is 55.3 Å². The number of hydrogen-bond donors (Lipinski definition) is 1. The maximum atomic E-state index is 6.29. The van der Waals surface area contributed by atoms with Gasteiger partial charge in [0.2, 0.25) is 0 Å². The first-order valence-electron chi connectivity index (χ1n) is 6.53. The molecule has 0 spiro atoms. The van der Waals surface area contributed by atoms with Crippen LogP contribution in [0.2, 0.25) is 0 Å². The first kappa shape index (κ1) is 12.5. The molecular formula is C16H17N3O. The second-order valence-corrected chi connectivity index (χ2v) is 4.95. The van der Waals surface area contributed by atoms with Crippen molar-refractivity contribution in [3.63, 3.8) is 0 Å². The van der Waals surface area contributed by atoms with Crippen LogP contribution in [0.3, 0.4) is 0 Å². The van der Waals surface area contributed by atoms with Gasteiger partial charge in [0.25, 0.3) is 0 Å². The van der Waals surface area contributed by atoms with Crippen LogP contribution in [0.25, 0.3) is 10.8 Å². The lowest BCUT2D eigenvalue weighted by Crippen LogP contribution is -2.18. The van der Waals surface area contributed by atoms with Crippen LogP contribution >= 0.6 is 0 Å². The fourth-order valence-corrected chi connectivity index (χ4v) is 2.43. The lowest BCUT2D eigenvalue weighted by Gasteiger charge is -2.21. The molecule has 3 aromatic rings. The highest BCUT2D eigenvalue weighted by atomic mass is 16.3. The van der Waals surface area contributed by atoms with E-state index in [1.54, 1.807) is 12.5 Å². The Labute approximate surface area is 117 Å². The van der Waals surface area contributed by atoms with Gasteiger partial charge in [-0.25, -0.2) is 0 Å². The third kappa shape index (κ3) is 2.09. The van der Waals surface area contributed by atoms with Gasteiger partial charge in [-0.05, 0) is 25.1 Å². The Kier molecular flexibility index (Phi) is 3.06. The molecule has 0 saturated carbocycles. The van der Waals surface area contributed by atoms with Crippen LogP contribution in [0.1, 0.15) is 11.3 Å². The lowest BCUT2D eigenvalue weighted by atomic mass is 10.1. The van der Waals surface area contributed by atoms with Crippen molar-refractivity contribution in [1.29, 1.82) is 0 Å². The Morgan fingerprint density at radius 3 is 2.85 bits per heavy atom. The van der Waals surface area contributed by atoms with Crippen molar-refractivity contribution in [1.82, 2.24) is 4.98 Å². The van der Waals surface area contributed by atoms with Crippen molar-refractivity contribution in [3.05, 3.63) is 54.2 Å². The fraction of sp³-hybridized carbons (Fsp3) is 0.188. The molecule has 0 atom stereocenters. The molecule has 0 bridgehead atoms. The zero-order chi connectivity index (χ0) is 14.1. The molecule has 0 amide bonds. The smallest absolute Gasteiger partial charge is 0.105 e. The molecule has 3 rings (SSSR count). The number of furan rings is 1.